The van der Waals surface area contributed by atoms with E-state index in [0.717, 1.165) is 0 Å². The first kappa shape index (κ1) is 15.1. The number of carbonyl (C=O) groups is 1. The van der Waals surface area contributed by atoms with Crippen molar-refractivity contribution in [3.05, 3.63) is 34.4 Å². The molecule has 0 heterocycles. The standard InChI is InChI=1S/C9H10N2O5.ClH/c12-5-8(9(13)14)10-6-1-3-7(4-2-6)11(15)16;/h1-4,8,10,12H,5H2,(H,13,14);1H. The van der Waals surface area contributed by atoms with E-state index in [1.807, 2.05) is 0 Å². The maximum absolute atomic E-state index is 10.6. The minimum absolute atomic E-state index is 0. The van der Waals surface area contributed by atoms with Gasteiger partial charge in [0.05, 0.1) is 11.5 Å². The minimum Gasteiger partial charge on any atom is -0.480 e. The number of aliphatic hydroxyl groups excluding tert-OH is 1. The molecule has 0 aromatic heterocycles. The molecule has 0 amide bonds. The van der Waals surface area contributed by atoms with Crippen LogP contribution in [0.4, 0.5) is 11.4 Å². The number of nitro benzene ring substituents is 1. The highest BCUT2D eigenvalue weighted by Gasteiger charge is 2.15. The van der Waals surface area contributed by atoms with Gasteiger partial charge in [-0.3, -0.25) is 10.1 Å². The first-order valence-electron chi connectivity index (χ1n) is 4.39. The van der Waals surface area contributed by atoms with Crippen LogP contribution in [0, 0.1) is 10.1 Å². The topological polar surface area (TPSA) is 113 Å². The summed E-state index contributed by atoms with van der Waals surface area (Å²) in [4.78, 5) is 20.4. The normalized spacial score (nSPS) is 11.1. The molecule has 0 aliphatic rings. The van der Waals surface area contributed by atoms with Gasteiger partial charge in [0.25, 0.3) is 5.69 Å². The van der Waals surface area contributed by atoms with Crippen LogP contribution >= 0.6 is 12.4 Å². The zero-order chi connectivity index (χ0) is 12.1. The summed E-state index contributed by atoms with van der Waals surface area (Å²) in [6, 6.07) is 4.13. The molecule has 0 saturated carbocycles. The molecule has 0 radical (unpaired) electrons. The van der Waals surface area contributed by atoms with Gasteiger partial charge in [-0.1, -0.05) is 0 Å². The summed E-state index contributed by atoms with van der Waals surface area (Å²) >= 11 is 0. The Morgan fingerprint density at radius 2 is 1.94 bits per heavy atom. The largest absolute Gasteiger partial charge is 0.480 e. The Morgan fingerprint density at radius 3 is 2.29 bits per heavy atom. The molecule has 0 aliphatic heterocycles. The third-order valence-electron chi connectivity index (χ3n) is 1.90. The van der Waals surface area contributed by atoms with E-state index in [-0.39, 0.29) is 18.1 Å². The van der Waals surface area contributed by atoms with E-state index in [0.29, 0.717) is 5.69 Å². The van der Waals surface area contributed by atoms with Crippen molar-refractivity contribution >= 4 is 29.8 Å². The van der Waals surface area contributed by atoms with Crippen LogP contribution in [0.3, 0.4) is 0 Å². The number of anilines is 1. The van der Waals surface area contributed by atoms with Crippen molar-refractivity contribution in [2.45, 2.75) is 6.04 Å². The smallest absolute Gasteiger partial charge is 0.328 e. The first-order valence-corrected chi connectivity index (χ1v) is 4.39. The quantitative estimate of drug-likeness (QED) is 0.536. The van der Waals surface area contributed by atoms with Crippen LogP contribution in [0.1, 0.15) is 0 Å². The van der Waals surface area contributed by atoms with Crippen LogP contribution in [0.25, 0.3) is 0 Å². The highest BCUT2D eigenvalue weighted by molar-refractivity contribution is 5.85. The maximum Gasteiger partial charge on any atom is 0.328 e. The number of rotatable bonds is 5. The number of nitrogens with zero attached hydrogens (tertiary/aromatic N) is 1. The van der Waals surface area contributed by atoms with E-state index < -0.39 is 23.5 Å². The fourth-order valence-electron chi connectivity index (χ4n) is 1.07. The van der Waals surface area contributed by atoms with Crippen molar-refractivity contribution in [1.82, 2.24) is 0 Å². The van der Waals surface area contributed by atoms with E-state index in [1.165, 1.54) is 24.3 Å². The van der Waals surface area contributed by atoms with E-state index in [2.05, 4.69) is 5.32 Å². The molecule has 1 aromatic carbocycles. The second kappa shape index (κ2) is 6.66. The molecule has 94 valence electrons. The van der Waals surface area contributed by atoms with Crippen molar-refractivity contribution in [1.29, 1.82) is 0 Å². The zero-order valence-corrected chi connectivity index (χ0v) is 9.38. The fraction of sp³-hybridized carbons (Fsp3) is 0.222. The Balaban J connectivity index is 0.00000256. The van der Waals surface area contributed by atoms with Crippen LogP contribution in [0.15, 0.2) is 24.3 Å². The highest BCUT2D eigenvalue weighted by Crippen LogP contribution is 2.15. The molecule has 1 unspecified atom stereocenters. The summed E-state index contributed by atoms with van der Waals surface area (Å²) < 4.78 is 0. The van der Waals surface area contributed by atoms with Crippen LogP contribution in [0.2, 0.25) is 0 Å². The van der Waals surface area contributed by atoms with Crippen molar-refractivity contribution < 1.29 is 19.9 Å². The highest BCUT2D eigenvalue weighted by atomic mass is 35.5. The van der Waals surface area contributed by atoms with Gasteiger partial charge in [0.1, 0.15) is 6.04 Å². The second-order valence-corrected chi connectivity index (χ2v) is 3.02. The van der Waals surface area contributed by atoms with Gasteiger partial charge in [-0.2, -0.15) is 0 Å². The molecule has 0 bridgehead atoms. The molecule has 1 rings (SSSR count). The number of aliphatic carboxylic acids is 1. The molecule has 0 spiro atoms. The zero-order valence-electron chi connectivity index (χ0n) is 8.57. The summed E-state index contributed by atoms with van der Waals surface area (Å²) in [6.07, 6.45) is 0. The van der Waals surface area contributed by atoms with Gasteiger partial charge in [0.15, 0.2) is 0 Å². The van der Waals surface area contributed by atoms with Crippen molar-refractivity contribution in [2.24, 2.45) is 0 Å². The summed E-state index contributed by atoms with van der Waals surface area (Å²) in [5, 5.41) is 30.3. The minimum atomic E-state index is -1.19. The van der Waals surface area contributed by atoms with Gasteiger partial charge in [0.2, 0.25) is 0 Å². The molecule has 0 aliphatic carbocycles. The van der Waals surface area contributed by atoms with Crippen LogP contribution in [-0.4, -0.2) is 33.8 Å². The number of nitrogens with one attached hydrogen (secondary N) is 1. The monoisotopic (exact) mass is 262 g/mol. The van der Waals surface area contributed by atoms with Gasteiger partial charge in [-0.05, 0) is 12.1 Å². The number of carboxylic acids is 1. The Bertz CT molecular complexity index is 395. The number of non-ortho nitro benzene ring substituents is 1. The van der Waals surface area contributed by atoms with Crippen LogP contribution < -0.4 is 5.32 Å². The molecular weight excluding hydrogens is 252 g/mol. The Morgan fingerprint density at radius 1 is 1.41 bits per heavy atom. The lowest BCUT2D eigenvalue weighted by Crippen LogP contribution is -2.32. The second-order valence-electron chi connectivity index (χ2n) is 3.02. The lowest BCUT2D eigenvalue weighted by atomic mass is 10.2. The van der Waals surface area contributed by atoms with E-state index >= 15 is 0 Å². The van der Waals surface area contributed by atoms with Crippen molar-refractivity contribution in [3.63, 3.8) is 0 Å². The number of nitro groups is 1. The SMILES string of the molecule is Cl.O=C(O)C(CO)Nc1ccc([N+](=O)[O-])cc1. The summed E-state index contributed by atoms with van der Waals surface area (Å²) in [5.41, 5.74) is 0.313. The van der Waals surface area contributed by atoms with Crippen molar-refractivity contribution in [2.75, 3.05) is 11.9 Å². The molecule has 0 saturated heterocycles. The summed E-state index contributed by atoms with van der Waals surface area (Å²) in [7, 11) is 0. The van der Waals surface area contributed by atoms with Gasteiger partial charge in [-0.15, -0.1) is 12.4 Å². The van der Waals surface area contributed by atoms with Gasteiger partial charge in [-0.25, -0.2) is 4.79 Å². The number of hydrogen-bond donors (Lipinski definition) is 3. The van der Waals surface area contributed by atoms with E-state index in [1.54, 1.807) is 0 Å². The molecule has 3 N–H and O–H groups in total. The predicted molar refractivity (Wildman–Crippen MR) is 62.5 cm³/mol. The summed E-state index contributed by atoms with van der Waals surface area (Å²) in [6.45, 7) is -0.563. The molecule has 1 atom stereocenters. The molecule has 1 aromatic rings. The fourth-order valence-corrected chi connectivity index (χ4v) is 1.07. The van der Waals surface area contributed by atoms with Gasteiger partial charge < -0.3 is 15.5 Å². The summed E-state index contributed by atoms with van der Waals surface area (Å²) in [5.74, 6) is -1.19. The third-order valence-corrected chi connectivity index (χ3v) is 1.90. The number of aliphatic hydroxyl groups is 1. The van der Waals surface area contributed by atoms with Crippen LogP contribution in [0.5, 0.6) is 0 Å². The number of hydrogen-bond acceptors (Lipinski definition) is 5. The van der Waals surface area contributed by atoms with Gasteiger partial charge in [0, 0.05) is 17.8 Å². The molecule has 17 heavy (non-hydrogen) atoms. The Hall–Kier alpha value is -1.86. The number of benzene rings is 1. The Labute approximate surface area is 103 Å². The average Bonchev–Trinajstić information content (AvgIpc) is 2.26. The van der Waals surface area contributed by atoms with Crippen molar-refractivity contribution in [3.8, 4) is 0 Å². The maximum atomic E-state index is 10.6. The van der Waals surface area contributed by atoms with E-state index in [9.17, 15) is 14.9 Å². The Kier molecular flexibility index (Phi) is 5.94. The number of halogens is 1. The average molecular weight is 263 g/mol. The molecule has 7 nitrogen and oxygen atoms in total. The molecule has 8 heteroatoms. The lowest BCUT2D eigenvalue weighted by Gasteiger charge is -2.12. The lowest BCUT2D eigenvalue weighted by molar-refractivity contribution is -0.384. The van der Waals surface area contributed by atoms with Gasteiger partial charge >= 0.3 is 5.97 Å². The predicted octanol–water partition coefficient (Wildman–Crippen LogP) is 0.874. The van der Waals surface area contributed by atoms with E-state index in [4.69, 9.17) is 10.2 Å². The number of carboxylic acid groups (broad SMARTS) is 1. The third kappa shape index (κ3) is 4.25. The first-order chi connectivity index (χ1) is 7.54. The molecular formula is C9H11ClN2O5. The van der Waals surface area contributed by atoms with Crippen LogP contribution in [-0.2, 0) is 4.79 Å². The molecule has 0 fully saturated rings.